The fourth-order valence-electron chi connectivity index (χ4n) is 2.56. The van der Waals surface area contributed by atoms with Crippen LogP contribution in [0.15, 0.2) is 48.7 Å². The van der Waals surface area contributed by atoms with Gasteiger partial charge in [0.15, 0.2) is 5.82 Å². The molecule has 0 spiro atoms. The molecule has 0 bridgehead atoms. The summed E-state index contributed by atoms with van der Waals surface area (Å²) in [5.74, 6) is 1.79. The Morgan fingerprint density at radius 2 is 1.77 bits per heavy atom. The summed E-state index contributed by atoms with van der Waals surface area (Å²) < 4.78 is 5.83. The van der Waals surface area contributed by atoms with Gasteiger partial charge in [-0.1, -0.05) is 29.8 Å². The second-order valence-corrected chi connectivity index (χ2v) is 6.40. The first-order valence-electron chi connectivity index (χ1n) is 8.58. The van der Waals surface area contributed by atoms with Crippen LogP contribution in [0.25, 0.3) is 0 Å². The van der Waals surface area contributed by atoms with E-state index in [1.807, 2.05) is 57.2 Å². The molecule has 134 valence electrons. The molecule has 26 heavy (non-hydrogen) atoms. The van der Waals surface area contributed by atoms with Crippen LogP contribution in [0.2, 0.25) is 0 Å². The molecule has 0 amide bonds. The minimum Gasteiger partial charge on any atom is -0.489 e. The number of para-hydroxylation sites is 2. The Balaban J connectivity index is 1.80. The van der Waals surface area contributed by atoms with E-state index in [1.54, 1.807) is 6.20 Å². The first-order chi connectivity index (χ1) is 12.5. The van der Waals surface area contributed by atoms with E-state index in [0.717, 1.165) is 22.7 Å². The van der Waals surface area contributed by atoms with Crippen molar-refractivity contribution in [3.05, 3.63) is 59.8 Å². The summed E-state index contributed by atoms with van der Waals surface area (Å²) in [5.41, 5.74) is 4.13. The van der Waals surface area contributed by atoms with Crippen molar-refractivity contribution in [3.8, 4) is 5.75 Å². The van der Waals surface area contributed by atoms with E-state index in [0.29, 0.717) is 11.8 Å². The number of hydrogen-bond acceptors (Lipinski definition) is 6. The van der Waals surface area contributed by atoms with E-state index in [-0.39, 0.29) is 6.10 Å². The monoisotopic (exact) mass is 349 g/mol. The van der Waals surface area contributed by atoms with Crippen LogP contribution in [0.4, 0.5) is 23.1 Å². The Morgan fingerprint density at radius 1 is 0.962 bits per heavy atom. The van der Waals surface area contributed by atoms with Gasteiger partial charge in [-0.15, -0.1) is 5.10 Å². The highest BCUT2D eigenvalue weighted by Gasteiger charge is 2.08. The Hall–Kier alpha value is -3.15. The first-order valence-corrected chi connectivity index (χ1v) is 8.58. The Morgan fingerprint density at radius 3 is 2.54 bits per heavy atom. The van der Waals surface area contributed by atoms with Crippen molar-refractivity contribution in [2.24, 2.45) is 0 Å². The van der Waals surface area contributed by atoms with Crippen LogP contribution in [0.5, 0.6) is 5.75 Å². The number of ether oxygens (including phenoxy) is 1. The summed E-state index contributed by atoms with van der Waals surface area (Å²) in [5, 5.41) is 14.6. The maximum atomic E-state index is 5.83. The molecule has 1 heterocycles. The van der Waals surface area contributed by atoms with Crippen molar-refractivity contribution in [2.75, 3.05) is 10.6 Å². The number of aromatic nitrogens is 3. The zero-order valence-corrected chi connectivity index (χ0v) is 15.4. The van der Waals surface area contributed by atoms with Gasteiger partial charge < -0.3 is 15.4 Å². The van der Waals surface area contributed by atoms with E-state index < -0.39 is 0 Å². The van der Waals surface area contributed by atoms with Crippen molar-refractivity contribution in [3.63, 3.8) is 0 Å². The second-order valence-electron chi connectivity index (χ2n) is 6.40. The summed E-state index contributed by atoms with van der Waals surface area (Å²) in [6, 6.07) is 13.9. The molecule has 0 radical (unpaired) electrons. The number of benzene rings is 2. The largest absolute Gasteiger partial charge is 0.489 e. The third-order valence-corrected chi connectivity index (χ3v) is 3.70. The van der Waals surface area contributed by atoms with Crippen LogP contribution in [0.1, 0.15) is 25.0 Å². The number of nitrogens with one attached hydrogen (secondary N) is 2. The summed E-state index contributed by atoms with van der Waals surface area (Å²) in [7, 11) is 0. The lowest BCUT2D eigenvalue weighted by Crippen LogP contribution is -2.08. The third-order valence-electron chi connectivity index (χ3n) is 3.70. The molecule has 0 aliphatic heterocycles. The standard InChI is InChI=1S/C20H23N5O/c1-13(2)26-18-8-6-5-7-17(18)22-19-12-21-25-20(24-19)23-16-10-9-14(3)11-15(16)4/h5-13H,1-4H3,(H2,22,23,24,25). The number of hydrogen-bond donors (Lipinski definition) is 2. The lowest BCUT2D eigenvalue weighted by Gasteiger charge is -2.15. The molecule has 0 aliphatic carbocycles. The summed E-state index contributed by atoms with van der Waals surface area (Å²) in [6.07, 6.45) is 1.67. The Labute approximate surface area is 153 Å². The zero-order valence-electron chi connectivity index (χ0n) is 15.4. The van der Waals surface area contributed by atoms with Crippen molar-refractivity contribution in [1.29, 1.82) is 0 Å². The molecule has 2 N–H and O–H groups in total. The van der Waals surface area contributed by atoms with Crippen LogP contribution < -0.4 is 15.4 Å². The fraction of sp³-hybridized carbons (Fsp3) is 0.250. The molecule has 3 rings (SSSR count). The van der Waals surface area contributed by atoms with Gasteiger partial charge in [0, 0.05) is 5.69 Å². The minimum absolute atomic E-state index is 0.0863. The maximum absolute atomic E-state index is 5.83. The van der Waals surface area contributed by atoms with Gasteiger partial charge in [-0.25, -0.2) is 0 Å². The molecule has 1 aromatic heterocycles. The van der Waals surface area contributed by atoms with Gasteiger partial charge in [-0.3, -0.25) is 0 Å². The van der Waals surface area contributed by atoms with Gasteiger partial charge in [-0.2, -0.15) is 10.1 Å². The van der Waals surface area contributed by atoms with Crippen LogP contribution in [-0.2, 0) is 0 Å². The van der Waals surface area contributed by atoms with E-state index in [4.69, 9.17) is 4.74 Å². The van der Waals surface area contributed by atoms with Gasteiger partial charge in [0.05, 0.1) is 18.0 Å². The molecule has 0 saturated carbocycles. The van der Waals surface area contributed by atoms with Crippen molar-refractivity contribution < 1.29 is 4.74 Å². The highest BCUT2D eigenvalue weighted by molar-refractivity contribution is 5.65. The lowest BCUT2D eigenvalue weighted by molar-refractivity contribution is 0.244. The average Bonchev–Trinajstić information content (AvgIpc) is 2.59. The van der Waals surface area contributed by atoms with E-state index >= 15 is 0 Å². The molecule has 0 saturated heterocycles. The first kappa shape index (κ1) is 17.7. The number of anilines is 4. The molecule has 0 atom stereocenters. The zero-order chi connectivity index (χ0) is 18.5. The summed E-state index contributed by atoms with van der Waals surface area (Å²) in [6.45, 7) is 8.10. The predicted molar refractivity (Wildman–Crippen MR) is 105 cm³/mol. The van der Waals surface area contributed by atoms with Crippen LogP contribution in [-0.4, -0.2) is 21.3 Å². The molecular weight excluding hydrogens is 326 g/mol. The summed E-state index contributed by atoms with van der Waals surface area (Å²) in [4.78, 5) is 4.50. The van der Waals surface area contributed by atoms with Gasteiger partial charge in [0.25, 0.3) is 0 Å². The minimum atomic E-state index is 0.0863. The lowest BCUT2D eigenvalue weighted by atomic mass is 10.1. The topological polar surface area (TPSA) is 72.0 Å². The van der Waals surface area contributed by atoms with Crippen LogP contribution in [0.3, 0.4) is 0 Å². The third kappa shape index (κ3) is 4.47. The maximum Gasteiger partial charge on any atom is 0.249 e. The molecule has 2 aromatic carbocycles. The molecular formula is C20H23N5O. The smallest absolute Gasteiger partial charge is 0.249 e. The Kier molecular flexibility index (Phi) is 5.31. The van der Waals surface area contributed by atoms with Gasteiger partial charge in [-0.05, 0) is 51.5 Å². The quantitative estimate of drug-likeness (QED) is 0.668. The van der Waals surface area contributed by atoms with Crippen molar-refractivity contribution in [2.45, 2.75) is 33.8 Å². The predicted octanol–water partition coefficient (Wildman–Crippen LogP) is 4.76. The fourth-order valence-corrected chi connectivity index (χ4v) is 2.56. The molecule has 0 fully saturated rings. The van der Waals surface area contributed by atoms with E-state index in [1.165, 1.54) is 5.56 Å². The van der Waals surface area contributed by atoms with E-state index in [2.05, 4.69) is 38.8 Å². The number of nitrogens with zero attached hydrogens (tertiary/aromatic N) is 3. The number of rotatable bonds is 6. The van der Waals surface area contributed by atoms with Gasteiger partial charge in [0.1, 0.15) is 5.75 Å². The molecule has 6 nitrogen and oxygen atoms in total. The van der Waals surface area contributed by atoms with Crippen LogP contribution in [0, 0.1) is 13.8 Å². The molecule has 0 unspecified atom stereocenters. The second kappa shape index (κ2) is 7.82. The van der Waals surface area contributed by atoms with Crippen molar-refractivity contribution >= 4 is 23.1 Å². The normalized spacial score (nSPS) is 10.7. The van der Waals surface area contributed by atoms with Crippen molar-refractivity contribution in [1.82, 2.24) is 15.2 Å². The molecule has 0 aliphatic rings. The highest BCUT2D eigenvalue weighted by atomic mass is 16.5. The SMILES string of the molecule is Cc1ccc(Nc2nncc(Nc3ccccc3OC(C)C)n2)c(C)c1. The van der Waals surface area contributed by atoms with Crippen LogP contribution >= 0.6 is 0 Å². The summed E-state index contributed by atoms with van der Waals surface area (Å²) >= 11 is 0. The van der Waals surface area contributed by atoms with Gasteiger partial charge >= 0.3 is 0 Å². The Bertz CT molecular complexity index is 895. The van der Waals surface area contributed by atoms with E-state index in [9.17, 15) is 0 Å². The molecule has 6 heteroatoms. The molecule has 3 aromatic rings. The average molecular weight is 349 g/mol. The van der Waals surface area contributed by atoms with Gasteiger partial charge in [0.2, 0.25) is 5.95 Å². The highest BCUT2D eigenvalue weighted by Crippen LogP contribution is 2.28. The number of aryl methyl sites for hydroxylation is 2.